The summed E-state index contributed by atoms with van der Waals surface area (Å²) in [5.74, 6) is -3.13. The molecule has 0 spiro atoms. The lowest BCUT2D eigenvalue weighted by atomic mass is 10.0. The van der Waals surface area contributed by atoms with Gasteiger partial charge >= 0.3 is 5.97 Å². The number of carboxylic acids is 1. The van der Waals surface area contributed by atoms with E-state index in [1.165, 1.54) is 0 Å². The Balaban J connectivity index is 1.65. The number of benzene rings is 1. The van der Waals surface area contributed by atoms with Crippen LogP contribution in [0.2, 0.25) is 0 Å². The number of amides is 1. The van der Waals surface area contributed by atoms with Gasteiger partial charge in [0.25, 0.3) is 5.91 Å². The van der Waals surface area contributed by atoms with Gasteiger partial charge in [-0.25, -0.2) is 8.78 Å². The quantitative estimate of drug-likeness (QED) is 0.828. The second kappa shape index (κ2) is 5.85. The average Bonchev–Trinajstić information content (AvgIpc) is 3.10. The number of carbonyl (C=O) groups excluding carboxylic acids is 1. The Bertz CT molecular complexity index is 717. The van der Waals surface area contributed by atoms with Crippen LogP contribution >= 0.6 is 0 Å². The smallest absolute Gasteiger partial charge is 0.303 e. The summed E-state index contributed by atoms with van der Waals surface area (Å²) in [6, 6.07) is 2.72. The normalized spacial score (nSPS) is 25.3. The highest BCUT2D eigenvalue weighted by Gasteiger charge is 2.69. The first kappa shape index (κ1) is 16.4. The van der Waals surface area contributed by atoms with Gasteiger partial charge in [-0.15, -0.1) is 0 Å². The molecule has 128 valence electrons. The van der Waals surface area contributed by atoms with Crippen LogP contribution < -0.4 is 5.32 Å². The summed E-state index contributed by atoms with van der Waals surface area (Å²) < 4.78 is 26.7. The van der Waals surface area contributed by atoms with E-state index in [4.69, 9.17) is 9.94 Å². The highest BCUT2D eigenvalue weighted by atomic mass is 19.1. The fraction of sp³-hybridized carbons (Fsp3) is 0.438. The maximum Gasteiger partial charge on any atom is 0.303 e. The standard InChI is InChI=1S/C16H16F2N2O4/c1-8(2-3-13(21)22)19-15(23)16-7-12(16)14(20-24-16)9-4-10(17)6-11(18)5-9/h4-6,8,12H,2-3,7H2,1H3,(H,19,23)(H,21,22). The molecule has 0 saturated heterocycles. The Labute approximate surface area is 136 Å². The van der Waals surface area contributed by atoms with E-state index in [9.17, 15) is 18.4 Å². The molecule has 8 heteroatoms. The summed E-state index contributed by atoms with van der Waals surface area (Å²) >= 11 is 0. The Morgan fingerprint density at radius 1 is 1.42 bits per heavy atom. The fourth-order valence-corrected chi connectivity index (χ4v) is 2.86. The fourth-order valence-electron chi connectivity index (χ4n) is 2.86. The Kier molecular flexibility index (Phi) is 3.98. The molecule has 0 bridgehead atoms. The number of aliphatic carboxylic acids is 1. The molecule has 1 aromatic carbocycles. The molecule has 1 aromatic rings. The number of nitrogens with one attached hydrogen (secondary N) is 1. The molecular formula is C16H16F2N2O4. The molecule has 1 heterocycles. The molecule has 1 amide bonds. The molecule has 3 rings (SSSR count). The molecule has 0 radical (unpaired) electrons. The summed E-state index contributed by atoms with van der Waals surface area (Å²) in [5, 5.41) is 15.2. The van der Waals surface area contributed by atoms with Crippen LogP contribution in [0.25, 0.3) is 0 Å². The first-order valence-electron chi connectivity index (χ1n) is 7.57. The zero-order chi connectivity index (χ0) is 17.5. The highest BCUT2D eigenvalue weighted by Crippen LogP contribution is 2.53. The predicted molar refractivity (Wildman–Crippen MR) is 79.3 cm³/mol. The van der Waals surface area contributed by atoms with Crippen molar-refractivity contribution in [1.82, 2.24) is 5.32 Å². The van der Waals surface area contributed by atoms with E-state index >= 15 is 0 Å². The van der Waals surface area contributed by atoms with Gasteiger partial charge in [0.2, 0.25) is 5.60 Å². The summed E-state index contributed by atoms with van der Waals surface area (Å²) in [6.45, 7) is 1.70. The van der Waals surface area contributed by atoms with Crippen molar-refractivity contribution in [2.24, 2.45) is 11.1 Å². The third-order valence-electron chi connectivity index (χ3n) is 4.26. The number of nitrogens with zero attached hydrogens (tertiary/aromatic N) is 1. The number of oxime groups is 1. The lowest BCUT2D eigenvalue weighted by Gasteiger charge is -2.16. The topological polar surface area (TPSA) is 88.0 Å². The molecule has 1 aliphatic carbocycles. The van der Waals surface area contributed by atoms with Crippen molar-refractivity contribution in [3.8, 4) is 0 Å². The molecule has 2 aliphatic rings. The van der Waals surface area contributed by atoms with Crippen LogP contribution in [0.3, 0.4) is 0 Å². The minimum absolute atomic E-state index is 0.0525. The van der Waals surface area contributed by atoms with Crippen LogP contribution in [-0.2, 0) is 14.4 Å². The monoisotopic (exact) mass is 338 g/mol. The molecular weight excluding hydrogens is 322 g/mol. The van der Waals surface area contributed by atoms with E-state index in [1.807, 2.05) is 0 Å². The van der Waals surface area contributed by atoms with Crippen LogP contribution in [0, 0.1) is 17.6 Å². The number of rotatable bonds is 6. The zero-order valence-corrected chi connectivity index (χ0v) is 12.9. The number of hydrogen-bond donors (Lipinski definition) is 2. The van der Waals surface area contributed by atoms with Crippen LogP contribution in [0.15, 0.2) is 23.4 Å². The van der Waals surface area contributed by atoms with Gasteiger partial charge in [0, 0.05) is 30.5 Å². The van der Waals surface area contributed by atoms with Gasteiger partial charge in [-0.1, -0.05) is 5.16 Å². The number of fused-ring (bicyclic) bond motifs is 1. The van der Waals surface area contributed by atoms with Gasteiger partial charge in [0.15, 0.2) is 0 Å². The van der Waals surface area contributed by atoms with Crippen LogP contribution in [0.4, 0.5) is 8.78 Å². The third-order valence-corrected chi connectivity index (χ3v) is 4.26. The van der Waals surface area contributed by atoms with E-state index in [-0.39, 0.29) is 29.9 Å². The van der Waals surface area contributed by atoms with Crippen molar-refractivity contribution in [1.29, 1.82) is 0 Å². The zero-order valence-electron chi connectivity index (χ0n) is 12.9. The molecule has 6 nitrogen and oxygen atoms in total. The van der Waals surface area contributed by atoms with Crippen LogP contribution in [0.1, 0.15) is 31.7 Å². The predicted octanol–water partition coefficient (Wildman–Crippen LogP) is 1.83. The van der Waals surface area contributed by atoms with Gasteiger partial charge in [0.1, 0.15) is 11.6 Å². The number of carboxylic acid groups (broad SMARTS) is 1. The van der Waals surface area contributed by atoms with Gasteiger partial charge in [0.05, 0.1) is 11.6 Å². The maximum absolute atomic E-state index is 13.3. The first-order chi connectivity index (χ1) is 11.3. The molecule has 3 unspecified atom stereocenters. The number of carbonyl (C=O) groups is 2. The Morgan fingerprint density at radius 3 is 2.67 bits per heavy atom. The molecule has 1 aliphatic heterocycles. The van der Waals surface area contributed by atoms with Crippen molar-refractivity contribution in [3.63, 3.8) is 0 Å². The maximum atomic E-state index is 13.3. The Hall–Kier alpha value is -2.51. The molecule has 1 saturated carbocycles. The number of halogens is 2. The molecule has 24 heavy (non-hydrogen) atoms. The first-order valence-corrected chi connectivity index (χ1v) is 7.57. The summed E-state index contributed by atoms with van der Waals surface area (Å²) in [4.78, 5) is 28.2. The second-order valence-corrected chi connectivity index (χ2v) is 6.18. The van der Waals surface area contributed by atoms with E-state index in [2.05, 4.69) is 10.5 Å². The lowest BCUT2D eigenvalue weighted by molar-refractivity contribution is -0.138. The van der Waals surface area contributed by atoms with Gasteiger partial charge in [-0.3, -0.25) is 9.59 Å². The average molecular weight is 338 g/mol. The minimum atomic E-state index is -1.14. The lowest BCUT2D eigenvalue weighted by Crippen LogP contribution is -2.42. The molecule has 3 atom stereocenters. The van der Waals surface area contributed by atoms with Crippen LogP contribution in [0.5, 0.6) is 0 Å². The SMILES string of the molecule is CC(CCC(=O)O)NC(=O)C12CC1C(c1cc(F)cc(F)c1)=NO2. The molecule has 0 aromatic heterocycles. The molecule has 1 fully saturated rings. The Morgan fingerprint density at radius 2 is 2.08 bits per heavy atom. The van der Waals surface area contributed by atoms with E-state index in [0.717, 1.165) is 18.2 Å². The number of hydrogen-bond acceptors (Lipinski definition) is 4. The van der Waals surface area contributed by atoms with Gasteiger partial charge in [-0.2, -0.15) is 0 Å². The summed E-state index contributed by atoms with van der Waals surface area (Å²) in [5.41, 5.74) is -0.541. The van der Waals surface area contributed by atoms with Crippen molar-refractivity contribution in [3.05, 3.63) is 35.4 Å². The largest absolute Gasteiger partial charge is 0.481 e. The van der Waals surface area contributed by atoms with Gasteiger partial charge in [-0.05, 0) is 25.5 Å². The van der Waals surface area contributed by atoms with E-state index < -0.39 is 23.2 Å². The summed E-state index contributed by atoms with van der Waals surface area (Å²) in [7, 11) is 0. The van der Waals surface area contributed by atoms with Crippen molar-refractivity contribution >= 4 is 17.6 Å². The second-order valence-electron chi connectivity index (χ2n) is 6.18. The highest BCUT2D eigenvalue weighted by molar-refractivity contribution is 6.11. The van der Waals surface area contributed by atoms with Crippen molar-refractivity contribution < 1.29 is 28.3 Å². The van der Waals surface area contributed by atoms with Gasteiger partial charge < -0.3 is 15.3 Å². The molecule has 2 N–H and O–H groups in total. The van der Waals surface area contributed by atoms with E-state index in [0.29, 0.717) is 18.6 Å². The van der Waals surface area contributed by atoms with Crippen molar-refractivity contribution in [2.75, 3.05) is 0 Å². The van der Waals surface area contributed by atoms with Crippen molar-refractivity contribution in [2.45, 2.75) is 37.8 Å². The summed E-state index contributed by atoms with van der Waals surface area (Å²) in [6.07, 6.45) is 0.620. The minimum Gasteiger partial charge on any atom is -0.481 e. The van der Waals surface area contributed by atoms with Crippen LogP contribution in [-0.4, -0.2) is 34.3 Å². The third kappa shape index (κ3) is 2.95. The van der Waals surface area contributed by atoms with E-state index in [1.54, 1.807) is 6.92 Å².